The smallest absolute Gasteiger partial charge is 0.279 e. The number of sulfonamides is 1. The monoisotopic (exact) mass is 433 g/mol. The molecule has 0 bridgehead atoms. The minimum Gasteiger partial charge on any atom is -0.316 e. The van der Waals surface area contributed by atoms with Gasteiger partial charge in [-0.2, -0.15) is 8.42 Å². The molecular formula is C13H13Br2N3O2S. The summed E-state index contributed by atoms with van der Waals surface area (Å²) >= 11 is 6.62. The Morgan fingerprint density at radius 1 is 1.19 bits per heavy atom. The summed E-state index contributed by atoms with van der Waals surface area (Å²) in [6.07, 6.45) is 1.54. The number of halogens is 2. The first kappa shape index (κ1) is 16.4. The van der Waals surface area contributed by atoms with Gasteiger partial charge in [-0.05, 0) is 52.8 Å². The van der Waals surface area contributed by atoms with Crippen molar-refractivity contribution in [2.24, 2.45) is 0 Å². The van der Waals surface area contributed by atoms with Gasteiger partial charge in [0.2, 0.25) is 0 Å². The van der Waals surface area contributed by atoms with Crippen molar-refractivity contribution in [2.75, 3.05) is 11.8 Å². The lowest BCUT2D eigenvalue weighted by Gasteiger charge is -2.10. The van der Waals surface area contributed by atoms with Crippen molar-refractivity contribution in [1.82, 2.24) is 10.3 Å². The molecule has 0 saturated carbocycles. The molecular weight excluding hydrogens is 422 g/mol. The molecule has 0 atom stereocenters. The molecule has 2 N–H and O–H groups in total. The molecule has 1 aromatic heterocycles. The van der Waals surface area contributed by atoms with Crippen molar-refractivity contribution >= 4 is 47.6 Å². The van der Waals surface area contributed by atoms with Crippen LogP contribution in [0.15, 0.2) is 50.5 Å². The number of rotatable bonds is 5. The SMILES string of the molecule is CNCc1ccc(S(=O)(=O)Nc2cc(Br)ccc2Br)nc1. The van der Waals surface area contributed by atoms with Crippen molar-refractivity contribution in [3.05, 3.63) is 51.0 Å². The van der Waals surface area contributed by atoms with Gasteiger partial charge in [-0.25, -0.2) is 4.98 Å². The molecule has 0 aliphatic rings. The van der Waals surface area contributed by atoms with E-state index >= 15 is 0 Å². The molecule has 0 aliphatic carbocycles. The Bertz CT molecular complexity index is 734. The van der Waals surface area contributed by atoms with Gasteiger partial charge in [0.15, 0.2) is 5.03 Å². The average Bonchev–Trinajstić information content (AvgIpc) is 2.44. The maximum Gasteiger partial charge on any atom is 0.279 e. The van der Waals surface area contributed by atoms with E-state index in [-0.39, 0.29) is 5.03 Å². The summed E-state index contributed by atoms with van der Waals surface area (Å²) in [7, 11) is -1.90. The normalized spacial score (nSPS) is 11.4. The quantitative estimate of drug-likeness (QED) is 0.758. The second-order valence-corrected chi connectivity index (χ2v) is 7.66. The third kappa shape index (κ3) is 4.26. The molecule has 1 aromatic carbocycles. The summed E-state index contributed by atoms with van der Waals surface area (Å²) in [6, 6.07) is 8.46. The van der Waals surface area contributed by atoms with Gasteiger partial charge in [-0.15, -0.1) is 0 Å². The molecule has 0 saturated heterocycles. The Labute approximate surface area is 140 Å². The van der Waals surface area contributed by atoms with Gasteiger partial charge in [-0.3, -0.25) is 4.72 Å². The number of nitrogens with one attached hydrogen (secondary N) is 2. The number of benzene rings is 1. The molecule has 0 unspecified atom stereocenters. The van der Waals surface area contributed by atoms with E-state index in [9.17, 15) is 8.42 Å². The van der Waals surface area contributed by atoms with Crippen LogP contribution >= 0.6 is 31.9 Å². The molecule has 21 heavy (non-hydrogen) atoms. The third-order valence-corrected chi connectivity index (χ3v) is 5.09. The topological polar surface area (TPSA) is 71.1 Å². The summed E-state index contributed by atoms with van der Waals surface area (Å²) in [4.78, 5) is 4.00. The molecule has 0 fully saturated rings. The van der Waals surface area contributed by atoms with E-state index in [1.165, 1.54) is 6.07 Å². The number of hydrogen-bond donors (Lipinski definition) is 2. The number of nitrogens with zero attached hydrogens (tertiary/aromatic N) is 1. The fourth-order valence-corrected chi connectivity index (χ4v) is 3.49. The lowest BCUT2D eigenvalue weighted by molar-refractivity contribution is 0.597. The second kappa shape index (κ2) is 6.87. The molecule has 2 aromatic rings. The van der Waals surface area contributed by atoms with E-state index in [0.29, 0.717) is 16.7 Å². The van der Waals surface area contributed by atoms with Crippen LogP contribution < -0.4 is 10.0 Å². The molecule has 2 rings (SSSR count). The third-order valence-electron chi connectivity index (χ3n) is 2.63. The lowest BCUT2D eigenvalue weighted by Crippen LogP contribution is -2.15. The van der Waals surface area contributed by atoms with Crippen molar-refractivity contribution in [3.8, 4) is 0 Å². The van der Waals surface area contributed by atoms with E-state index < -0.39 is 10.0 Å². The molecule has 0 spiro atoms. The lowest BCUT2D eigenvalue weighted by atomic mass is 10.3. The zero-order chi connectivity index (χ0) is 15.5. The first-order valence-electron chi connectivity index (χ1n) is 6.00. The summed E-state index contributed by atoms with van der Waals surface area (Å²) in [6.45, 7) is 0.637. The molecule has 8 heteroatoms. The number of hydrogen-bond acceptors (Lipinski definition) is 4. The van der Waals surface area contributed by atoms with E-state index in [1.54, 1.807) is 24.4 Å². The van der Waals surface area contributed by atoms with Crippen LogP contribution in [-0.2, 0) is 16.6 Å². The first-order chi connectivity index (χ1) is 9.92. The standard InChI is InChI=1S/C13H13Br2N3O2S/c1-16-7-9-2-5-13(17-8-9)21(19,20)18-12-6-10(14)3-4-11(12)15/h2-6,8,16,18H,7H2,1H3. The zero-order valence-electron chi connectivity index (χ0n) is 11.1. The van der Waals surface area contributed by atoms with Crippen LogP contribution in [0, 0.1) is 0 Å². The second-order valence-electron chi connectivity index (χ2n) is 4.26. The fraction of sp³-hybridized carbons (Fsp3) is 0.154. The van der Waals surface area contributed by atoms with Crippen molar-refractivity contribution in [3.63, 3.8) is 0 Å². The highest BCUT2D eigenvalue weighted by Gasteiger charge is 2.17. The van der Waals surface area contributed by atoms with Crippen molar-refractivity contribution in [1.29, 1.82) is 0 Å². The van der Waals surface area contributed by atoms with Gasteiger partial charge in [0.1, 0.15) is 0 Å². The highest BCUT2D eigenvalue weighted by molar-refractivity contribution is 9.11. The van der Waals surface area contributed by atoms with E-state index in [0.717, 1.165) is 10.0 Å². The minimum atomic E-state index is -3.72. The summed E-state index contributed by atoms with van der Waals surface area (Å²) in [5.74, 6) is 0. The first-order valence-corrected chi connectivity index (χ1v) is 9.07. The highest BCUT2D eigenvalue weighted by atomic mass is 79.9. The molecule has 0 radical (unpaired) electrons. The van der Waals surface area contributed by atoms with Gasteiger partial charge in [0.05, 0.1) is 5.69 Å². The average molecular weight is 435 g/mol. The predicted octanol–water partition coefficient (Wildman–Crippen LogP) is 3.13. The Hall–Kier alpha value is -0.960. The maximum absolute atomic E-state index is 12.3. The Morgan fingerprint density at radius 3 is 2.57 bits per heavy atom. The van der Waals surface area contributed by atoms with Crippen LogP contribution in [-0.4, -0.2) is 20.4 Å². The van der Waals surface area contributed by atoms with Gasteiger partial charge in [0.25, 0.3) is 10.0 Å². The molecule has 112 valence electrons. The predicted molar refractivity (Wildman–Crippen MR) is 89.7 cm³/mol. The summed E-state index contributed by atoms with van der Waals surface area (Å²) < 4.78 is 28.6. The Morgan fingerprint density at radius 2 is 1.95 bits per heavy atom. The van der Waals surface area contributed by atoms with Crippen LogP contribution in [0.4, 0.5) is 5.69 Å². The van der Waals surface area contributed by atoms with Crippen molar-refractivity contribution < 1.29 is 8.42 Å². The van der Waals surface area contributed by atoms with E-state index in [1.807, 2.05) is 13.1 Å². The molecule has 5 nitrogen and oxygen atoms in total. The van der Waals surface area contributed by atoms with Crippen LogP contribution in [0.25, 0.3) is 0 Å². The highest BCUT2D eigenvalue weighted by Crippen LogP contribution is 2.28. The van der Waals surface area contributed by atoms with Gasteiger partial charge in [-0.1, -0.05) is 22.0 Å². The van der Waals surface area contributed by atoms with Crippen LogP contribution in [0.2, 0.25) is 0 Å². The molecule has 1 heterocycles. The van der Waals surface area contributed by atoms with E-state index in [2.05, 4.69) is 46.9 Å². The number of aromatic nitrogens is 1. The van der Waals surface area contributed by atoms with Crippen molar-refractivity contribution in [2.45, 2.75) is 11.6 Å². The van der Waals surface area contributed by atoms with Gasteiger partial charge < -0.3 is 5.32 Å². The Balaban J connectivity index is 2.27. The van der Waals surface area contributed by atoms with Gasteiger partial charge >= 0.3 is 0 Å². The van der Waals surface area contributed by atoms with E-state index in [4.69, 9.17) is 0 Å². The largest absolute Gasteiger partial charge is 0.316 e. The van der Waals surface area contributed by atoms with Crippen LogP contribution in [0.1, 0.15) is 5.56 Å². The summed E-state index contributed by atoms with van der Waals surface area (Å²) in [5.41, 5.74) is 1.37. The summed E-state index contributed by atoms with van der Waals surface area (Å²) in [5, 5.41) is 2.96. The fourth-order valence-electron chi connectivity index (χ4n) is 1.65. The number of pyridine rings is 1. The molecule has 0 amide bonds. The van der Waals surface area contributed by atoms with Gasteiger partial charge in [0, 0.05) is 21.7 Å². The van der Waals surface area contributed by atoms with Crippen LogP contribution in [0.3, 0.4) is 0 Å². The zero-order valence-corrected chi connectivity index (χ0v) is 15.1. The number of anilines is 1. The maximum atomic E-state index is 12.3. The molecule has 0 aliphatic heterocycles. The Kier molecular flexibility index (Phi) is 5.37. The van der Waals surface area contributed by atoms with Crippen LogP contribution in [0.5, 0.6) is 0 Å². The minimum absolute atomic E-state index is 0.0192.